The standard InChI is InChI=1S/C19H19NO8S/c1-11-7-13(9-17(25-3)19(11)26-4)18-14(10-27-20-18)12-5-6-15(24-2)16(8-12)28-29(21,22)23/h5-10H,1-4H3,(H,21,22,23). The van der Waals surface area contributed by atoms with Crippen molar-refractivity contribution in [2.45, 2.75) is 6.92 Å². The monoisotopic (exact) mass is 421 g/mol. The normalized spacial score (nSPS) is 11.2. The third-order valence-corrected chi connectivity index (χ3v) is 4.57. The molecule has 0 amide bonds. The summed E-state index contributed by atoms with van der Waals surface area (Å²) in [4.78, 5) is 0. The first-order valence-electron chi connectivity index (χ1n) is 8.30. The van der Waals surface area contributed by atoms with Crippen LogP contribution in [-0.4, -0.2) is 39.5 Å². The van der Waals surface area contributed by atoms with E-state index in [1.165, 1.54) is 32.6 Å². The fourth-order valence-electron chi connectivity index (χ4n) is 2.96. The maximum atomic E-state index is 11.1. The third-order valence-electron chi connectivity index (χ3n) is 4.18. The molecule has 0 radical (unpaired) electrons. The molecule has 9 nitrogen and oxygen atoms in total. The number of aromatic nitrogens is 1. The van der Waals surface area contributed by atoms with Gasteiger partial charge in [0.2, 0.25) is 0 Å². The molecule has 1 aromatic heterocycles. The predicted molar refractivity (Wildman–Crippen MR) is 104 cm³/mol. The van der Waals surface area contributed by atoms with Crippen LogP contribution in [0.2, 0.25) is 0 Å². The zero-order valence-corrected chi connectivity index (χ0v) is 16.9. The van der Waals surface area contributed by atoms with Crippen LogP contribution in [0.4, 0.5) is 0 Å². The first kappa shape index (κ1) is 20.5. The summed E-state index contributed by atoms with van der Waals surface area (Å²) in [6.07, 6.45) is 1.42. The number of hydrogen-bond donors (Lipinski definition) is 1. The van der Waals surface area contributed by atoms with Gasteiger partial charge in [-0.3, -0.25) is 4.55 Å². The van der Waals surface area contributed by atoms with Gasteiger partial charge in [-0.15, -0.1) is 0 Å². The lowest BCUT2D eigenvalue weighted by Gasteiger charge is -2.13. The SMILES string of the molecule is COc1ccc(-c2conc2-c2cc(C)c(OC)c(OC)c2)cc1OS(=O)(=O)O. The Morgan fingerprint density at radius 2 is 1.62 bits per heavy atom. The summed E-state index contributed by atoms with van der Waals surface area (Å²) in [5, 5.41) is 4.07. The smallest absolute Gasteiger partial charge is 0.446 e. The van der Waals surface area contributed by atoms with Crippen LogP contribution in [0.15, 0.2) is 41.1 Å². The molecule has 0 saturated carbocycles. The average molecular weight is 421 g/mol. The predicted octanol–water partition coefficient (Wildman–Crippen LogP) is 3.52. The van der Waals surface area contributed by atoms with Gasteiger partial charge in [0, 0.05) is 11.1 Å². The highest BCUT2D eigenvalue weighted by Gasteiger charge is 2.19. The molecule has 0 unspecified atom stereocenters. The van der Waals surface area contributed by atoms with E-state index in [0.717, 1.165) is 5.56 Å². The zero-order chi connectivity index (χ0) is 21.2. The molecule has 0 saturated heterocycles. The maximum Gasteiger partial charge on any atom is 0.446 e. The van der Waals surface area contributed by atoms with Gasteiger partial charge in [-0.05, 0) is 42.3 Å². The highest BCUT2D eigenvalue weighted by atomic mass is 32.3. The van der Waals surface area contributed by atoms with Crippen molar-refractivity contribution in [2.75, 3.05) is 21.3 Å². The third kappa shape index (κ3) is 4.28. The summed E-state index contributed by atoms with van der Waals surface area (Å²) in [5.41, 5.74) is 3.14. The highest BCUT2D eigenvalue weighted by Crippen LogP contribution is 2.40. The molecule has 0 bridgehead atoms. The van der Waals surface area contributed by atoms with Crippen molar-refractivity contribution < 1.29 is 35.9 Å². The van der Waals surface area contributed by atoms with Gasteiger partial charge in [-0.2, -0.15) is 8.42 Å². The van der Waals surface area contributed by atoms with Crippen LogP contribution in [0, 0.1) is 6.92 Å². The number of benzene rings is 2. The molecule has 0 fully saturated rings. The van der Waals surface area contributed by atoms with Crippen LogP contribution >= 0.6 is 0 Å². The van der Waals surface area contributed by atoms with Gasteiger partial charge in [0.25, 0.3) is 0 Å². The minimum absolute atomic E-state index is 0.131. The number of nitrogens with zero attached hydrogens (tertiary/aromatic N) is 1. The molecular formula is C19H19NO8S. The highest BCUT2D eigenvalue weighted by molar-refractivity contribution is 7.81. The van der Waals surface area contributed by atoms with E-state index in [9.17, 15) is 8.42 Å². The second-order valence-electron chi connectivity index (χ2n) is 5.98. The summed E-state index contributed by atoms with van der Waals surface area (Å²) in [7, 11) is -0.289. The Balaban J connectivity index is 2.12. The van der Waals surface area contributed by atoms with Crippen LogP contribution < -0.4 is 18.4 Å². The first-order valence-corrected chi connectivity index (χ1v) is 9.66. The molecule has 10 heteroatoms. The molecule has 29 heavy (non-hydrogen) atoms. The molecular weight excluding hydrogens is 402 g/mol. The molecule has 154 valence electrons. The van der Waals surface area contributed by atoms with Crippen molar-refractivity contribution in [3.8, 4) is 45.4 Å². The Hall–Kier alpha value is -3.24. The Morgan fingerprint density at radius 3 is 2.24 bits per heavy atom. The molecule has 0 aliphatic carbocycles. The second kappa shape index (κ2) is 8.02. The molecule has 3 aromatic rings. The molecule has 3 rings (SSSR count). The van der Waals surface area contributed by atoms with Crippen molar-refractivity contribution in [1.29, 1.82) is 0 Å². The lowest BCUT2D eigenvalue weighted by Crippen LogP contribution is -2.07. The number of rotatable bonds is 7. The van der Waals surface area contributed by atoms with E-state index in [1.54, 1.807) is 19.2 Å². The van der Waals surface area contributed by atoms with Gasteiger partial charge in [-0.1, -0.05) is 11.2 Å². The van der Waals surface area contributed by atoms with Crippen LogP contribution in [0.1, 0.15) is 5.56 Å². The molecule has 1 heterocycles. The summed E-state index contributed by atoms with van der Waals surface area (Å²) < 4.78 is 56.9. The number of hydrogen-bond acceptors (Lipinski definition) is 8. The molecule has 0 atom stereocenters. The Labute approximate surface area is 167 Å². The topological polar surface area (TPSA) is 117 Å². The molecule has 2 aromatic carbocycles. The summed E-state index contributed by atoms with van der Waals surface area (Å²) in [6, 6.07) is 8.20. The number of methoxy groups -OCH3 is 3. The number of aryl methyl sites for hydroxylation is 1. The van der Waals surface area contributed by atoms with E-state index >= 15 is 0 Å². The largest absolute Gasteiger partial charge is 0.493 e. The van der Waals surface area contributed by atoms with E-state index in [2.05, 4.69) is 9.34 Å². The van der Waals surface area contributed by atoms with Gasteiger partial charge < -0.3 is 22.9 Å². The fraction of sp³-hybridized carbons (Fsp3) is 0.211. The second-order valence-corrected chi connectivity index (χ2v) is 7.00. The van der Waals surface area contributed by atoms with E-state index in [0.29, 0.717) is 33.9 Å². The van der Waals surface area contributed by atoms with Crippen LogP contribution in [0.5, 0.6) is 23.0 Å². The van der Waals surface area contributed by atoms with E-state index in [1.807, 2.05) is 13.0 Å². The van der Waals surface area contributed by atoms with Crippen LogP contribution in [0.3, 0.4) is 0 Å². The summed E-state index contributed by atoms with van der Waals surface area (Å²) >= 11 is 0. The quantitative estimate of drug-likeness (QED) is 0.572. The number of ether oxygens (including phenoxy) is 3. The molecule has 0 spiro atoms. The van der Waals surface area contributed by atoms with Gasteiger partial charge in [0.05, 0.1) is 21.3 Å². The molecule has 0 aliphatic heterocycles. The Morgan fingerprint density at radius 1 is 0.931 bits per heavy atom. The minimum atomic E-state index is -4.73. The Bertz CT molecular complexity index is 1140. The Kier molecular flexibility index (Phi) is 5.66. The maximum absolute atomic E-state index is 11.1. The summed E-state index contributed by atoms with van der Waals surface area (Å²) in [5.74, 6) is 1.09. The average Bonchev–Trinajstić information content (AvgIpc) is 3.15. The van der Waals surface area contributed by atoms with Gasteiger partial charge in [0.1, 0.15) is 12.0 Å². The van der Waals surface area contributed by atoms with Crippen LogP contribution in [0.25, 0.3) is 22.4 Å². The van der Waals surface area contributed by atoms with Gasteiger partial charge in [0.15, 0.2) is 23.0 Å². The molecule has 0 aliphatic rings. The zero-order valence-electron chi connectivity index (χ0n) is 16.1. The van der Waals surface area contributed by atoms with Crippen LogP contribution in [-0.2, 0) is 10.4 Å². The fourth-order valence-corrected chi connectivity index (χ4v) is 3.32. The lowest BCUT2D eigenvalue weighted by molar-refractivity contribution is 0.353. The van der Waals surface area contributed by atoms with E-state index < -0.39 is 10.4 Å². The van der Waals surface area contributed by atoms with Crippen molar-refractivity contribution in [2.24, 2.45) is 0 Å². The van der Waals surface area contributed by atoms with E-state index in [4.69, 9.17) is 23.3 Å². The summed E-state index contributed by atoms with van der Waals surface area (Å²) in [6.45, 7) is 1.87. The van der Waals surface area contributed by atoms with Crippen molar-refractivity contribution in [3.05, 3.63) is 42.2 Å². The van der Waals surface area contributed by atoms with Crippen molar-refractivity contribution >= 4 is 10.4 Å². The minimum Gasteiger partial charge on any atom is -0.493 e. The lowest BCUT2D eigenvalue weighted by atomic mass is 9.99. The van der Waals surface area contributed by atoms with Gasteiger partial charge >= 0.3 is 10.4 Å². The first-order chi connectivity index (χ1) is 13.8. The van der Waals surface area contributed by atoms with Crippen molar-refractivity contribution in [1.82, 2.24) is 5.16 Å². The molecule has 1 N–H and O–H groups in total. The van der Waals surface area contributed by atoms with Crippen molar-refractivity contribution in [3.63, 3.8) is 0 Å². The van der Waals surface area contributed by atoms with Gasteiger partial charge in [-0.25, -0.2) is 0 Å². The van der Waals surface area contributed by atoms with E-state index in [-0.39, 0.29) is 11.5 Å².